The van der Waals surface area contributed by atoms with Crippen LogP contribution < -0.4 is 0 Å². The van der Waals surface area contributed by atoms with Crippen molar-refractivity contribution in [2.75, 3.05) is 0 Å². The van der Waals surface area contributed by atoms with Crippen LogP contribution in [0.4, 0.5) is 0 Å². The van der Waals surface area contributed by atoms with Gasteiger partial charge in [-0.05, 0) is 9.76 Å². The molecule has 0 amide bonds. The molecule has 0 radical (unpaired) electrons. The zero-order valence-electron chi connectivity index (χ0n) is 6.57. The van der Waals surface area contributed by atoms with Crippen LogP contribution in [0.1, 0.15) is 13.8 Å². The van der Waals surface area contributed by atoms with E-state index in [1.807, 2.05) is 0 Å². The minimum Gasteiger partial charge on any atom is -0.0766 e. The van der Waals surface area contributed by atoms with E-state index in [1.54, 1.807) is 21.8 Å². The highest BCUT2D eigenvalue weighted by molar-refractivity contribution is 7.40. The number of rotatable bonds is 3. The molecule has 8 heavy (non-hydrogen) atoms. The first-order valence-electron chi connectivity index (χ1n) is 3.72. The highest BCUT2D eigenvalue weighted by Gasteiger charge is 2.09. The molecule has 0 spiro atoms. The Morgan fingerprint density at radius 2 is 1.62 bits per heavy atom. The molecule has 3 heteroatoms. The van der Waals surface area contributed by atoms with Crippen molar-refractivity contribution >= 4 is 25.9 Å². The molecule has 0 aromatic carbocycles. The van der Waals surface area contributed by atoms with Crippen molar-refractivity contribution in [3.8, 4) is 0 Å². The average Bonchev–Trinajstić information content (AvgIpc) is 1.69. The molecule has 1 atom stereocenters. The van der Waals surface area contributed by atoms with E-state index in [4.69, 9.17) is 0 Å². The topological polar surface area (TPSA) is 0 Å². The summed E-state index contributed by atoms with van der Waals surface area (Å²) >= 11 is 0. The van der Waals surface area contributed by atoms with E-state index in [2.05, 4.69) is 20.4 Å². The zero-order valence-corrected chi connectivity index (χ0v) is 10.9. The van der Waals surface area contributed by atoms with Gasteiger partial charge in [-0.25, -0.2) is 0 Å². The van der Waals surface area contributed by atoms with Crippen molar-refractivity contribution in [1.29, 1.82) is 0 Å². The van der Waals surface area contributed by atoms with Crippen LogP contribution in [0.2, 0.25) is 18.6 Å². The second-order valence-corrected chi connectivity index (χ2v) is 24.8. The molecular formula is C5H18Si3. The second-order valence-electron chi connectivity index (χ2n) is 2.82. The van der Waals surface area contributed by atoms with Gasteiger partial charge in [0, 0.05) is 16.1 Å². The molecule has 0 aliphatic carbocycles. The molecule has 0 aromatic rings. The number of hydrogen-bond acceptors (Lipinski definition) is 0. The van der Waals surface area contributed by atoms with Gasteiger partial charge in [0.05, 0.1) is 0 Å². The second kappa shape index (κ2) is 4.52. The molecule has 0 heterocycles. The van der Waals surface area contributed by atoms with Gasteiger partial charge >= 0.3 is 0 Å². The Hall–Kier alpha value is 0.651. The molecule has 0 nitrogen and oxygen atoms in total. The van der Waals surface area contributed by atoms with Crippen LogP contribution in [0, 0.1) is 0 Å². The maximum atomic E-state index is 2.57. The van der Waals surface area contributed by atoms with E-state index < -0.39 is 0 Å². The molecule has 50 valence electrons. The molecule has 0 saturated heterocycles. The van der Waals surface area contributed by atoms with Crippen molar-refractivity contribution in [2.45, 2.75) is 32.5 Å². The molecular weight excluding hydrogens is 144 g/mol. The maximum absolute atomic E-state index is 2.57. The van der Waals surface area contributed by atoms with Crippen molar-refractivity contribution in [1.82, 2.24) is 0 Å². The third-order valence-electron chi connectivity index (χ3n) is 1.99. The molecule has 0 bridgehead atoms. The minimum atomic E-state index is -0.0648. The predicted molar refractivity (Wildman–Crippen MR) is 51.1 cm³/mol. The molecule has 0 saturated carbocycles. The van der Waals surface area contributed by atoms with Gasteiger partial charge in [0.2, 0.25) is 0 Å². The lowest BCUT2D eigenvalue weighted by molar-refractivity contribution is 1.34. The van der Waals surface area contributed by atoms with E-state index in [0.717, 1.165) is 0 Å². The normalized spacial score (nSPS) is 15.0. The summed E-state index contributed by atoms with van der Waals surface area (Å²) < 4.78 is 0. The maximum Gasteiger partial charge on any atom is 0.0237 e. The lowest BCUT2D eigenvalue weighted by atomic mass is 11.0. The quantitative estimate of drug-likeness (QED) is 0.515. The van der Waals surface area contributed by atoms with Crippen LogP contribution in [0.5, 0.6) is 0 Å². The smallest absolute Gasteiger partial charge is 0.0237 e. The molecule has 0 aliphatic rings. The highest BCUT2D eigenvalue weighted by atomic mass is 29.6. The first-order valence-corrected chi connectivity index (χ1v) is 13.8. The molecule has 0 aliphatic heterocycles. The van der Waals surface area contributed by atoms with Crippen LogP contribution in [0.3, 0.4) is 0 Å². The first kappa shape index (κ1) is 8.65. The van der Waals surface area contributed by atoms with Gasteiger partial charge in [0.1, 0.15) is 0 Å². The Morgan fingerprint density at radius 1 is 1.25 bits per heavy atom. The Morgan fingerprint density at radius 3 is 1.62 bits per heavy atom. The van der Waals surface area contributed by atoms with Crippen molar-refractivity contribution in [2.24, 2.45) is 0 Å². The Balaban J connectivity index is 3.35. The lowest BCUT2D eigenvalue weighted by Crippen LogP contribution is -2.31. The van der Waals surface area contributed by atoms with Crippen molar-refractivity contribution in [3.63, 3.8) is 0 Å². The van der Waals surface area contributed by atoms with Crippen LogP contribution in [-0.2, 0) is 0 Å². The largest absolute Gasteiger partial charge is 0.0766 e. The summed E-state index contributed by atoms with van der Waals surface area (Å²) in [7, 11) is 1.50. The lowest BCUT2D eigenvalue weighted by Gasteiger charge is -2.12. The van der Waals surface area contributed by atoms with E-state index in [0.29, 0.717) is 0 Å². The van der Waals surface area contributed by atoms with Gasteiger partial charge in [-0.2, -0.15) is 0 Å². The van der Waals surface area contributed by atoms with Crippen LogP contribution in [0.15, 0.2) is 0 Å². The summed E-state index contributed by atoms with van der Waals surface area (Å²) in [5.41, 5.74) is 0. The highest BCUT2D eigenvalue weighted by Crippen LogP contribution is 1.99. The SMILES string of the molecule is CC[SiH](CC)[SiH](C)[SiH3]. The third kappa shape index (κ3) is 2.84. The summed E-state index contributed by atoms with van der Waals surface area (Å²) in [6, 6.07) is 3.15. The molecule has 0 aromatic heterocycles. The summed E-state index contributed by atoms with van der Waals surface area (Å²) in [5, 5.41) is 0. The third-order valence-corrected chi connectivity index (χ3v) is 22.9. The van der Waals surface area contributed by atoms with Crippen molar-refractivity contribution < 1.29 is 0 Å². The molecule has 1 unspecified atom stereocenters. The van der Waals surface area contributed by atoms with E-state index >= 15 is 0 Å². The standard InChI is InChI=1S/C5H18Si3/c1-4-8(5-2)7(3)6/h7-8H,4-5H2,1-3,6H3. The van der Waals surface area contributed by atoms with E-state index in [1.165, 1.54) is 0 Å². The molecule has 0 rings (SSSR count). The molecule has 0 fully saturated rings. The summed E-state index contributed by atoms with van der Waals surface area (Å²) in [5.74, 6) is 0. The van der Waals surface area contributed by atoms with Crippen LogP contribution in [-0.4, -0.2) is 25.9 Å². The predicted octanol–water partition coefficient (Wildman–Crippen LogP) is 0.0507. The average molecular weight is 162 g/mol. The Kier molecular flexibility index (Phi) is 4.89. The molecule has 0 N–H and O–H groups in total. The monoisotopic (exact) mass is 162 g/mol. The van der Waals surface area contributed by atoms with Gasteiger partial charge in [-0.15, -0.1) is 0 Å². The van der Waals surface area contributed by atoms with Crippen LogP contribution >= 0.6 is 0 Å². The van der Waals surface area contributed by atoms with Gasteiger partial charge in [0.25, 0.3) is 0 Å². The van der Waals surface area contributed by atoms with Crippen molar-refractivity contribution in [3.05, 3.63) is 0 Å². The number of hydrogen-bond donors (Lipinski definition) is 0. The van der Waals surface area contributed by atoms with Gasteiger partial charge in [-0.3, -0.25) is 0 Å². The zero-order chi connectivity index (χ0) is 6.57. The fourth-order valence-corrected chi connectivity index (χ4v) is 17.8. The summed E-state index contributed by atoms with van der Waals surface area (Å²) in [6.45, 7) is 7.35. The minimum absolute atomic E-state index is 0.00772. The van der Waals surface area contributed by atoms with Gasteiger partial charge in [-0.1, -0.05) is 32.5 Å². The van der Waals surface area contributed by atoms with Gasteiger partial charge < -0.3 is 0 Å². The van der Waals surface area contributed by atoms with Gasteiger partial charge in [0.15, 0.2) is 0 Å². The van der Waals surface area contributed by atoms with E-state index in [-0.39, 0.29) is 16.1 Å². The summed E-state index contributed by atoms with van der Waals surface area (Å²) in [6.07, 6.45) is 0. The van der Waals surface area contributed by atoms with Crippen LogP contribution in [0.25, 0.3) is 0 Å². The van der Waals surface area contributed by atoms with E-state index in [9.17, 15) is 0 Å². The summed E-state index contributed by atoms with van der Waals surface area (Å²) in [4.78, 5) is 0. The fraction of sp³-hybridized carbons (Fsp3) is 1.00. The Bertz CT molecular complexity index is 49.6. The fourth-order valence-electron chi connectivity index (χ4n) is 1.23. The first-order chi connectivity index (χ1) is 3.72. The Labute approximate surface area is 58.9 Å².